The Balaban J connectivity index is 1.52. The third-order valence-corrected chi connectivity index (χ3v) is 6.98. The number of hydrogen-bond donors (Lipinski definition) is 2. The van der Waals surface area contributed by atoms with E-state index >= 15 is 0 Å². The highest BCUT2D eigenvalue weighted by molar-refractivity contribution is 7.17. The van der Waals surface area contributed by atoms with E-state index in [0.717, 1.165) is 21.5 Å². The quantitative estimate of drug-likeness (QED) is 0.312. The van der Waals surface area contributed by atoms with Crippen LogP contribution in [0.1, 0.15) is 22.2 Å². The van der Waals surface area contributed by atoms with E-state index in [9.17, 15) is 9.18 Å². The maximum atomic E-state index is 15.0. The number of rotatable bonds is 4. The fourth-order valence-corrected chi connectivity index (χ4v) is 4.96. The van der Waals surface area contributed by atoms with Gasteiger partial charge in [-0.05, 0) is 61.4 Å². The first-order chi connectivity index (χ1) is 16.5. The van der Waals surface area contributed by atoms with Crippen LogP contribution >= 0.6 is 11.3 Å². The summed E-state index contributed by atoms with van der Waals surface area (Å²) in [5.74, 6) is 0.110. The Kier molecular flexibility index (Phi) is 4.59. The molecule has 5 heterocycles. The van der Waals surface area contributed by atoms with E-state index in [0.29, 0.717) is 38.6 Å². The van der Waals surface area contributed by atoms with Crippen LogP contribution in [0.15, 0.2) is 55.0 Å². The molecule has 0 atom stereocenters. The number of nitrogens with one attached hydrogen (secondary N) is 2. The standard InChI is InChI=1S/C25H17FN6OS/c1-12-5-7-27-11-16(12)14-9-15-21(17(26)10-14)31-32-22(15)25-29-18-6-8-28-24(23(18)30-25)20-4-3-19(34-20)13(2)33/h3-11H,1-2H3,(H,29,30)(H,31,32). The van der Waals surface area contributed by atoms with Crippen molar-refractivity contribution in [1.29, 1.82) is 0 Å². The number of aromatic amines is 2. The van der Waals surface area contributed by atoms with Gasteiger partial charge in [-0.1, -0.05) is 0 Å². The van der Waals surface area contributed by atoms with E-state index in [1.807, 2.05) is 31.2 Å². The fraction of sp³-hybridized carbons (Fsp3) is 0.0800. The van der Waals surface area contributed by atoms with E-state index in [2.05, 4.69) is 25.1 Å². The van der Waals surface area contributed by atoms with Gasteiger partial charge < -0.3 is 4.98 Å². The van der Waals surface area contributed by atoms with Gasteiger partial charge in [0.2, 0.25) is 0 Å². The molecule has 0 radical (unpaired) electrons. The van der Waals surface area contributed by atoms with Gasteiger partial charge in [0.05, 0.1) is 15.3 Å². The number of Topliss-reactive ketones (excluding diaryl/α,β-unsaturated/α-hetero) is 1. The smallest absolute Gasteiger partial charge is 0.169 e. The van der Waals surface area contributed by atoms with Gasteiger partial charge in [0.25, 0.3) is 0 Å². The number of nitrogens with zero attached hydrogens (tertiary/aromatic N) is 4. The highest BCUT2D eigenvalue weighted by Gasteiger charge is 2.19. The van der Waals surface area contributed by atoms with Crippen LogP contribution in [0.3, 0.4) is 0 Å². The molecule has 0 saturated carbocycles. The first kappa shape index (κ1) is 20.4. The zero-order valence-electron chi connectivity index (χ0n) is 18.2. The monoisotopic (exact) mass is 468 g/mol. The van der Waals surface area contributed by atoms with Crippen molar-refractivity contribution in [3.63, 3.8) is 0 Å². The molecule has 0 aliphatic heterocycles. The summed E-state index contributed by atoms with van der Waals surface area (Å²) >= 11 is 1.38. The fourth-order valence-electron chi connectivity index (χ4n) is 4.07. The topological polar surface area (TPSA) is 100 Å². The maximum Gasteiger partial charge on any atom is 0.169 e. The number of aryl methyl sites for hydroxylation is 1. The summed E-state index contributed by atoms with van der Waals surface area (Å²) in [5.41, 5.74) is 5.51. The molecule has 0 amide bonds. The van der Waals surface area contributed by atoms with Gasteiger partial charge in [-0.25, -0.2) is 9.37 Å². The molecule has 34 heavy (non-hydrogen) atoms. The average molecular weight is 469 g/mol. The molecule has 166 valence electrons. The van der Waals surface area contributed by atoms with E-state index < -0.39 is 5.82 Å². The summed E-state index contributed by atoms with van der Waals surface area (Å²) < 4.78 is 15.0. The number of H-pyrrole nitrogens is 2. The van der Waals surface area contributed by atoms with Crippen molar-refractivity contribution in [2.75, 3.05) is 0 Å². The van der Waals surface area contributed by atoms with Gasteiger partial charge in [-0.3, -0.25) is 19.9 Å². The Bertz CT molecular complexity index is 1730. The number of pyridine rings is 2. The van der Waals surface area contributed by atoms with Crippen LogP contribution in [0.2, 0.25) is 0 Å². The normalized spacial score (nSPS) is 11.5. The van der Waals surface area contributed by atoms with Crippen molar-refractivity contribution in [2.45, 2.75) is 13.8 Å². The van der Waals surface area contributed by atoms with Crippen molar-refractivity contribution < 1.29 is 9.18 Å². The summed E-state index contributed by atoms with van der Waals surface area (Å²) in [7, 11) is 0. The molecule has 0 fully saturated rings. The Morgan fingerprint density at radius 1 is 1.09 bits per heavy atom. The summed E-state index contributed by atoms with van der Waals surface area (Å²) in [5, 5.41) is 7.75. The minimum atomic E-state index is -0.424. The van der Waals surface area contributed by atoms with Gasteiger partial charge in [-0.15, -0.1) is 11.3 Å². The van der Waals surface area contributed by atoms with Crippen LogP contribution < -0.4 is 0 Å². The lowest BCUT2D eigenvalue weighted by atomic mass is 10.0. The Hall–Kier alpha value is -4.24. The predicted molar refractivity (Wildman–Crippen MR) is 130 cm³/mol. The molecule has 0 saturated heterocycles. The third kappa shape index (κ3) is 3.20. The Labute approximate surface area is 196 Å². The minimum Gasteiger partial charge on any atom is -0.337 e. The van der Waals surface area contributed by atoms with Gasteiger partial charge in [0.15, 0.2) is 17.4 Å². The first-order valence-corrected chi connectivity index (χ1v) is 11.4. The number of ketones is 1. The summed E-state index contributed by atoms with van der Waals surface area (Å²) in [6.45, 7) is 3.51. The van der Waals surface area contributed by atoms with Crippen LogP contribution in [0, 0.1) is 12.7 Å². The van der Waals surface area contributed by atoms with Crippen LogP contribution in [-0.4, -0.2) is 35.9 Å². The second-order valence-electron chi connectivity index (χ2n) is 8.00. The van der Waals surface area contributed by atoms with Crippen molar-refractivity contribution in [3.8, 4) is 33.2 Å². The summed E-state index contributed by atoms with van der Waals surface area (Å²) in [6.07, 6.45) is 5.13. The molecule has 7 nitrogen and oxygen atoms in total. The molecule has 0 aliphatic rings. The number of hydrogen-bond acceptors (Lipinski definition) is 6. The number of halogens is 1. The SMILES string of the molecule is CC(=O)c1ccc(-c2nccc3[nH]c(-c4[nH]nc5c(F)cc(-c6cnccc6C)cc45)nc23)s1. The highest BCUT2D eigenvalue weighted by atomic mass is 32.1. The first-order valence-electron chi connectivity index (χ1n) is 10.5. The lowest BCUT2D eigenvalue weighted by molar-refractivity contribution is 0.102. The molecule has 6 rings (SSSR count). The predicted octanol–water partition coefficient (Wildman–Crippen LogP) is 5.94. The zero-order chi connectivity index (χ0) is 23.4. The number of thiophene rings is 1. The third-order valence-electron chi connectivity index (χ3n) is 5.79. The second-order valence-corrected chi connectivity index (χ2v) is 9.09. The molecule has 0 spiro atoms. The molecule has 0 bridgehead atoms. The molecular weight excluding hydrogens is 451 g/mol. The number of aromatic nitrogens is 6. The maximum absolute atomic E-state index is 15.0. The molecule has 5 aromatic heterocycles. The van der Waals surface area contributed by atoms with Gasteiger partial charge in [-0.2, -0.15) is 5.10 Å². The molecule has 1 aromatic carbocycles. The molecule has 0 unspecified atom stereocenters. The molecule has 9 heteroatoms. The minimum absolute atomic E-state index is 0.0109. The number of benzene rings is 1. The Morgan fingerprint density at radius 2 is 1.97 bits per heavy atom. The van der Waals surface area contributed by atoms with Crippen molar-refractivity contribution >= 4 is 39.1 Å². The molecule has 0 aliphatic carbocycles. The highest BCUT2D eigenvalue weighted by Crippen LogP contribution is 2.35. The second kappa shape index (κ2) is 7.67. The number of carbonyl (C=O) groups excluding carboxylic acids is 1. The molecular formula is C25H17FN6OS. The van der Waals surface area contributed by atoms with Gasteiger partial charge >= 0.3 is 0 Å². The van der Waals surface area contributed by atoms with E-state index in [1.54, 1.807) is 31.6 Å². The van der Waals surface area contributed by atoms with Gasteiger partial charge in [0.1, 0.15) is 22.4 Å². The van der Waals surface area contributed by atoms with Crippen LogP contribution in [0.4, 0.5) is 4.39 Å². The number of imidazole rings is 1. The van der Waals surface area contributed by atoms with E-state index in [1.165, 1.54) is 17.4 Å². The largest absolute Gasteiger partial charge is 0.337 e. The van der Waals surface area contributed by atoms with Crippen molar-refractivity contribution in [3.05, 3.63) is 71.2 Å². The molecule has 6 aromatic rings. The lowest BCUT2D eigenvalue weighted by Gasteiger charge is -2.06. The summed E-state index contributed by atoms with van der Waals surface area (Å²) in [6, 6.07) is 10.8. The Morgan fingerprint density at radius 3 is 2.76 bits per heavy atom. The molecule has 2 N–H and O–H groups in total. The average Bonchev–Trinajstić information content (AvgIpc) is 3.56. The number of fused-ring (bicyclic) bond motifs is 2. The van der Waals surface area contributed by atoms with Gasteiger partial charge in [0, 0.05) is 29.5 Å². The summed E-state index contributed by atoms with van der Waals surface area (Å²) in [4.78, 5) is 30.0. The van der Waals surface area contributed by atoms with Crippen LogP contribution in [-0.2, 0) is 0 Å². The van der Waals surface area contributed by atoms with Crippen LogP contribution in [0.25, 0.3) is 55.2 Å². The van der Waals surface area contributed by atoms with E-state index in [4.69, 9.17) is 4.98 Å². The van der Waals surface area contributed by atoms with E-state index in [-0.39, 0.29) is 11.3 Å². The van der Waals surface area contributed by atoms with Crippen molar-refractivity contribution in [1.82, 2.24) is 30.1 Å². The number of carbonyl (C=O) groups is 1. The van der Waals surface area contributed by atoms with Crippen LogP contribution in [0.5, 0.6) is 0 Å². The zero-order valence-corrected chi connectivity index (χ0v) is 19.0. The lowest BCUT2D eigenvalue weighted by Crippen LogP contribution is -1.88. The van der Waals surface area contributed by atoms with Crippen molar-refractivity contribution in [2.24, 2.45) is 0 Å².